The quantitative estimate of drug-likeness (QED) is 0.533. The Morgan fingerprint density at radius 3 is 2.97 bits per heavy atom. The van der Waals surface area contributed by atoms with E-state index in [1.807, 2.05) is 45.9 Å². The highest BCUT2D eigenvalue weighted by Gasteiger charge is 2.23. The lowest BCUT2D eigenvalue weighted by molar-refractivity contribution is -0.130. The molecule has 30 heavy (non-hydrogen) atoms. The predicted molar refractivity (Wildman–Crippen MR) is 116 cm³/mol. The third kappa shape index (κ3) is 4.70. The first-order chi connectivity index (χ1) is 14.6. The van der Waals surface area contributed by atoms with Gasteiger partial charge in [-0.3, -0.25) is 9.36 Å². The van der Waals surface area contributed by atoms with Gasteiger partial charge in [-0.2, -0.15) is 0 Å². The summed E-state index contributed by atoms with van der Waals surface area (Å²) in [6.45, 7) is 4.38. The summed E-state index contributed by atoms with van der Waals surface area (Å²) in [4.78, 5) is 14.7. The van der Waals surface area contributed by atoms with Crippen LogP contribution in [-0.2, 0) is 11.3 Å². The van der Waals surface area contributed by atoms with E-state index in [0.717, 1.165) is 36.6 Å². The van der Waals surface area contributed by atoms with Crippen molar-refractivity contribution in [2.75, 3.05) is 26.0 Å². The molecule has 3 aromatic rings. The van der Waals surface area contributed by atoms with Crippen molar-refractivity contribution in [2.24, 2.45) is 5.92 Å². The van der Waals surface area contributed by atoms with Crippen LogP contribution in [0.5, 0.6) is 5.75 Å². The maximum absolute atomic E-state index is 12.7. The van der Waals surface area contributed by atoms with E-state index in [1.165, 1.54) is 18.2 Å². The number of furan rings is 1. The van der Waals surface area contributed by atoms with Gasteiger partial charge >= 0.3 is 0 Å². The van der Waals surface area contributed by atoms with Crippen molar-refractivity contribution in [2.45, 2.75) is 31.5 Å². The Kier molecular flexibility index (Phi) is 6.42. The highest BCUT2D eigenvalue weighted by atomic mass is 32.2. The molecule has 2 aromatic heterocycles. The number of methoxy groups -OCH3 is 1. The molecule has 0 aliphatic carbocycles. The third-order valence-electron chi connectivity index (χ3n) is 5.27. The van der Waals surface area contributed by atoms with Gasteiger partial charge < -0.3 is 14.1 Å². The molecule has 158 valence electrons. The van der Waals surface area contributed by atoms with Gasteiger partial charge in [0.25, 0.3) is 0 Å². The average molecular weight is 427 g/mol. The van der Waals surface area contributed by atoms with E-state index in [1.54, 1.807) is 13.4 Å². The summed E-state index contributed by atoms with van der Waals surface area (Å²) in [6, 6.07) is 11.5. The SMILES string of the molecule is COc1cccc(-c2nnc(SCC(=O)N3CCCC(C)C3)n2Cc2ccco2)c1. The number of likely N-dealkylation sites (tertiary alicyclic amines) is 1. The van der Waals surface area contributed by atoms with Crippen LogP contribution < -0.4 is 4.74 Å². The largest absolute Gasteiger partial charge is 0.497 e. The second-order valence-electron chi connectivity index (χ2n) is 7.58. The first-order valence-electron chi connectivity index (χ1n) is 10.1. The number of aromatic nitrogens is 3. The minimum atomic E-state index is 0.155. The Balaban J connectivity index is 1.56. The van der Waals surface area contributed by atoms with Crippen LogP contribution in [0.15, 0.2) is 52.2 Å². The molecule has 1 aliphatic rings. The van der Waals surface area contributed by atoms with Gasteiger partial charge in [0.2, 0.25) is 5.91 Å². The van der Waals surface area contributed by atoms with Crippen LogP contribution in [0.25, 0.3) is 11.4 Å². The Bertz CT molecular complexity index is 986. The number of nitrogens with zero attached hydrogens (tertiary/aromatic N) is 4. The molecular weight excluding hydrogens is 400 g/mol. The summed E-state index contributed by atoms with van der Waals surface area (Å²) >= 11 is 1.42. The molecule has 0 radical (unpaired) electrons. The third-order valence-corrected chi connectivity index (χ3v) is 6.22. The van der Waals surface area contributed by atoms with Gasteiger partial charge in [0.15, 0.2) is 11.0 Å². The Morgan fingerprint density at radius 2 is 2.20 bits per heavy atom. The van der Waals surface area contributed by atoms with Crippen molar-refractivity contribution >= 4 is 17.7 Å². The number of carbonyl (C=O) groups is 1. The molecule has 1 aliphatic heterocycles. The van der Waals surface area contributed by atoms with Crippen LogP contribution in [0.2, 0.25) is 0 Å². The zero-order valence-electron chi connectivity index (χ0n) is 17.3. The molecule has 0 bridgehead atoms. The van der Waals surface area contributed by atoms with E-state index in [2.05, 4.69) is 17.1 Å². The van der Waals surface area contributed by atoms with E-state index in [-0.39, 0.29) is 5.91 Å². The van der Waals surface area contributed by atoms with E-state index in [0.29, 0.717) is 29.2 Å². The average Bonchev–Trinajstić information content (AvgIpc) is 3.42. The van der Waals surface area contributed by atoms with E-state index in [9.17, 15) is 4.79 Å². The minimum Gasteiger partial charge on any atom is -0.497 e. The molecule has 0 spiro atoms. The van der Waals surface area contributed by atoms with Crippen molar-refractivity contribution in [3.8, 4) is 17.1 Å². The number of amides is 1. The van der Waals surface area contributed by atoms with Gasteiger partial charge in [-0.25, -0.2) is 0 Å². The summed E-state index contributed by atoms with van der Waals surface area (Å²) in [5, 5.41) is 9.50. The number of hydrogen-bond acceptors (Lipinski definition) is 6. The molecule has 1 fully saturated rings. The fraction of sp³-hybridized carbons (Fsp3) is 0.409. The van der Waals surface area contributed by atoms with E-state index >= 15 is 0 Å². The number of piperidine rings is 1. The minimum absolute atomic E-state index is 0.155. The first-order valence-corrected chi connectivity index (χ1v) is 11.1. The predicted octanol–water partition coefficient (Wildman–Crippen LogP) is 3.95. The molecule has 0 saturated carbocycles. The zero-order valence-corrected chi connectivity index (χ0v) is 18.1. The molecule has 7 nitrogen and oxygen atoms in total. The molecule has 8 heteroatoms. The molecule has 1 atom stereocenters. The monoisotopic (exact) mass is 426 g/mol. The zero-order chi connectivity index (χ0) is 20.9. The smallest absolute Gasteiger partial charge is 0.233 e. The molecule has 1 unspecified atom stereocenters. The van der Waals surface area contributed by atoms with Crippen molar-refractivity contribution < 1.29 is 13.9 Å². The first kappa shape index (κ1) is 20.5. The lowest BCUT2D eigenvalue weighted by Crippen LogP contribution is -2.40. The number of carbonyl (C=O) groups excluding carboxylic acids is 1. The van der Waals surface area contributed by atoms with Crippen LogP contribution in [0.1, 0.15) is 25.5 Å². The van der Waals surface area contributed by atoms with E-state index < -0.39 is 0 Å². The lowest BCUT2D eigenvalue weighted by atomic mass is 10.0. The van der Waals surface area contributed by atoms with Gasteiger partial charge in [-0.05, 0) is 43.0 Å². The molecule has 4 rings (SSSR count). The van der Waals surface area contributed by atoms with Crippen molar-refractivity contribution in [3.63, 3.8) is 0 Å². The number of benzene rings is 1. The van der Waals surface area contributed by atoms with E-state index in [4.69, 9.17) is 9.15 Å². The second kappa shape index (κ2) is 9.38. The number of hydrogen-bond donors (Lipinski definition) is 0. The van der Waals surface area contributed by atoms with Crippen molar-refractivity contribution in [1.82, 2.24) is 19.7 Å². The Hall–Kier alpha value is -2.74. The fourth-order valence-electron chi connectivity index (χ4n) is 3.71. The highest BCUT2D eigenvalue weighted by Crippen LogP contribution is 2.28. The number of ether oxygens (including phenoxy) is 1. The van der Waals surface area contributed by atoms with Crippen LogP contribution in [0.3, 0.4) is 0 Å². The van der Waals surface area contributed by atoms with Gasteiger partial charge in [-0.1, -0.05) is 30.8 Å². The standard InChI is InChI=1S/C22H26N4O3S/c1-16-6-4-10-25(13-16)20(27)15-30-22-24-23-21(17-7-3-8-18(12-17)28-2)26(22)14-19-9-5-11-29-19/h3,5,7-9,11-12,16H,4,6,10,13-15H2,1-2H3. The maximum Gasteiger partial charge on any atom is 0.233 e. The summed E-state index contributed by atoms with van der Waals surface area (Å²) < 4.78 is 12.9. The number of thioether (sulfide) groups is 1. The van der Waals surface area contributed by atoms with Gasteiger partial charge in [0.05, 0.1) is 25.7 Å². The van der Waals surface area contributed by atoms with Gasteiger partial charge in [-0.15, -0.1) is 10.2 Å². The summed E-state index contributed by atoms with van der Waals surface area (Å²) in [5.74, 6) is 3.34. The Morgan fingerprint density at radius 1 is 1.30 bits per heavy atom. The maximum atomic E-state index is 12.7. The molecule has 3 heterocycles. The molecular formula is C22H26N4O3S. The summed E-state index contributed by atoms with van der Waals surface area (Å²) in [7, 11) is 1.64. The number of rotatable bonds is 7. The fourth-order valence-corrected chi connectivity index (χ4v) is 4.55. The topological polar surface area (TPSA) is 73.4 Å². The van der Waals surface area contributed by atoms with Crippen LogP contribution >= 0.6 is 11.8 Å². The van der Waals surface area contributed by atoms with Gasteiger partial charge in [0, 0.05) is 18.7 Å². The van der Waals surface area contributed by atoms with Crippen molar-refractivity contribution in [3.05, 3.63) is 48.4 Å². The van der Waals surface area contributed by atoms with Crippen LogP contribution in [-0.4, -0.2) is 51.5 Å². The van der Waals surface area contributed by atoms with Gasteiger partial charge in [0.1, 0.15) is 11.5 Å². The normalized spacial score (nSPS) is 16.6. The molecule has 0 N–H and O–H groups in total. The molecule has 1 amide bonds. The molecule has 1 aromatic carbocycles. The van der Waals surface area contributed by atoms with Crippen molar-refractivity contribution in [1.29, 1.82) is 0 Å². The van der Waals surface area contributed by atoms with Crippen LogP contribution in [0.4, 0.5) is 0 Å². The second-order valence-corrected chi connectivity index (χ2v) is 8.52. The summed E-state index contributed by atoms with van der Waals surface area (Å²) in [5.41, 5.74) is 0.899. The summed E-state index contributed by atoms with van der Waals surface area (Å²) in [6.07, 6.45) is 3.92. The Labute approximate surface area is 180 Å². The molecule has 1 saturated heterocycles. The highest BCUT2D eigenvalue weighted by molar-refractivity contribution is 7.99. The van der Waals surface area contributed by atoms with Crippen LogP contribution in [0, 0.1) is 5.92 Å². The lowest BCUT2D eigenvalue weighted by Gasteiger charge is -2.30.